The summed E-state index contributed by atoms with van der Waals surface area (Å²) < 4.78 is 0. The molecule has 0 spiro atoms. The maximum Gasteiger partial charge on any atom is 2.00 e. The zero-order valence-electron chi connectivity index (χ0n) is 17.0. The number of unbranched alkanes of at least 4 members (excludes halogenated alkanes) is 6. The average Bonchev–Trinajstić information content (AvgIpc) is 2.56. The topological polar surface area (TPSA) is 80.3 Å². The second-order valence-electron chi connectivity index (χ2n) is 5.37. The van der Waals surface area contributed by atoms with Crippen LogP contribution in [0, 0.1) is 13.8 Å². The van der Waals surface area contributed by atoms with Crippen molar-refractivity contribution < 1.29 is 19.8 Å². The Morgan fingerprint density at radius 2 is 0.880 bits per heavy atom. The summed E-state index contributed by atoms with van der Waals surface area (Å²) in [5, 5.41) is 19.5. The first kappa shape index (κ1) is 35.8. The van der Waals surface area contributed by atoms with E-state index in [-0.39, 0.29) is 36.7 Å². The minimum absolute atomic E-state index is 0. The number of hydrogen-bond donors (Lipinski definition) is 0. The van der Waals surface area contributed by atoms with Gasteiger partial charge in [-0.2, -0.15) is 0 Å². The Labute approximate surface area is 174 Å². The monoisotopic (exact) mass is 464 g/mol. The van der Waals surface area contributed by atoms with E-state index in [0.29, 0.717) is 0 Å². The van der Waals surface area contributed by atoms with E-state index in [1.807, 2.05) is 13.8 Å². The molecule has 0 aliphatic carbocycles. The van der Waals surface area contributed by atoms with Gasteiger partial charge in [0.15, 0.2) is 0 Å². The molecular weight excluding hydrogens is 423 g/mol. The predicted octanol–water partition coefficient (Wildman–Crippen LogP) is 3.49. The molecule has 0 rings (SSSR count). The minimum Gasteiger partial charge on any atom is -0.550 e. The van der Waals surface area contributed by atoms with Gasteiger partial charge in [0.1, 0.15) is 0 Å². The zero-order valence-corrected chi connectivity index (χ0v) is 19.9. The van der Waals surface area contributed by atoms with Crippen molar-refractivity contribution in [3.05, 3.63) is 13.8 Å². The van der Waals surface area contributed by atoms with Gasteiger partial charge >= 0.3 is 23.9 Å². The van der Waals surface area contributed by atoms with E-state index >= 15 is 0 Å². The van der Waals surface area contributed by atoms with E-state index in [4.69, 9.17) is 0 Å². The fourth-order valence-corrected chi connectivity index (χ4v) is 1.04. The Balaban J connectivity index is -0.0000000739. The smallest absolute Gasteiger partial charge is 0.550 e. The van der Waals surface area contributed by atoms with E-state index in [2.05, 4.69) is 27.7 Å². The number of carboxylic acid groups (broad SMARTS) is 2. The molecule has 0 aromatic heterocycles. The Hall–Kier alpha value is -0.261. The normalized spacial score (nSPS) is 8.24. The van der Waals surface area contributed by atoms with Crippen LogP contribution in [0.15, 0.2) is 0 Å². The number of hydrogen-bond acceptors (Lipinski definition) is 4. The number of aliphatic carboxylic acids is 2. The van der Waals surface area contributed by atoms with E-state index in [0.717, 1.165) is 51.4 Å². The van der Waals surface area contributed by atoms with Gasteiger partial charge in [0.2, 0.25) is 0 Å². The molecule has 0 aromatic rings. The van der Waals surface area contributed by atoms with Gasteiger partial charge in [-0.3, -0.25) is 0 Å². The van der Waals surface area contributed by atoms with Gasteiger partial charge in [0.25, 0.3) is 0 Å². The van der Waals surface area contributed by atoms with Crippen LogP contribution in [0.1, 0.15) is 105 Å². The van der Waals surface area contributed by atoms with Crippen molar-refractivity contribution in [3.8, 4) is 0 Å². The van der Waals surface area contributed by atoms with Crippen LogP contribution in [0.5, 0.6) is 0 Å². The van der Waals surface area contributed by atoms with Crippen LogP contribution in [0.3, 0.4) is 0 Å². The summed E-state index contributed by atoms with van der Waals surface area (Å²) in [5.74, 6) is -1.86. The van der Waals surface area contributed by atoms with Crippen molar-refractivity contribution in [2.75, 3.05) is 0 Å². The molecule has 5 heteroatoms. The summed E-state index contributed by atoms with van der Waals surface area (Å²) in [4.78, 5) is 19.5. The summed E-state index contributed by atoms with van der Waals surface area (Å²) in [6, 6.07) is 0. The standard InChI is InChI=1S/2C6H12O2.2C4H9.Sn/c2*1-2-3-4-5-6(7)8;2*1-3-4-2;/h2*2-5H2,1H3,(H,7,8);2*1,3-4H2,2H3;/q;;;;+2/p-2. The Morgan fingerprint density at radius 1 is 0.640 bits per heavy atom. The molecule has 0 fully saturated rings. The van der Waals surface area contributed by atoms with E-state index < -0.39 is 11.9 Å². The van der Waals surface area contributed by atoms with Gasteiger partial charge in [-0.05, 0) is 25.7 Å². The third-order valence-electron chi connectivity index (χ3n) is 2.68. The molecule has 0 aromatic carbocycles. The molecule has 0 bridgehead atoms. The van der Waals surface area contributed by atoms with Crippen molar-refractivity contribution in [3.63, 3.8) is 0 Å². The third kappa shape index (κ3) is 81.4. The van der Waals surface area contributed by atoms with Gasteiger partial charge in [-0.25, -0.2) is 0 Å². The zero-order chi connectivity index (χ0) is 19.6. The second kappa shape index (κ2) is 39.0. The fraction of sp³-hybridized carbons (Fsp3) is 0.800. The second-order valence-corrected chi connectivity index (χ2v) is 5.37. The molecule has 0 heterocycles. The largest absolute Gasteiger partial charge is 2.00 e. The van der Waals surface area contributed by atoms with Gasteiger partial charge in [0, 0.05) is 11.9 Å². The first-order chi connectivity index (χ1) is 11.4. The molecule has 25 heavy (non-hydrogen) atoms. The summed E-state index contributed by atoms with van der Waals surface area (Å²) >= 11 is 0. The van der Waals surface area contributed by atoms with Crippen molar-refractivity contribution in [1.82, 2.24) is 0 Å². The number of carbonyl (C=O) groups is 2. The van der Waals surface area contributed by atoms with Gasteiger partial charge < -0.3 is 19.8 Å². The Bertz CT molecular complexity index is 206. The van der Waals surface area contributed by atoms with Crippen LogP contribution < -0.4 is 10.2 Å². The van der Waals surface area contributed by atoms with Gasteiger partial charge in [0.05, 0.1) is 0 Å². The fourth-order valence-electron chi connectivity index (χ4n) is 1.04. The van der Waals surface area contributed by atoms with Crippen LogP contribution in [-0.4, -0.2) is 35.8 Å². The SMILES string of the molecule is CCCCCC(=O)[O-].CCCCCC(=O)[O-].[CH2]CCC.[CH2]CCC.[Sn+2]. The van der Waals surface area contributed by atoms with Crippen LogP contribution >= 0.6 is 0 Å². The third-order valence-corrected chi connectivity index (χ3v) is 2.68. The number of carboxylic acids is 2. The van der Waals surface area contributed by atoms with Crippen molar-refractivity contribution in [2.45, 2.75) is 105 Å². The molecule has 0 saturated heterocycles. The first-order valence-corrected chi connectivity index (χ1v) is 9.35. The maximum atomic E-state index is 9.76. The van der Waals surface area contributed by atoms with E-state index in [1.54, 1.807) is 0 Å². The molecular formula is C20H40O4Sn. The molecule has 0 aliphatic heterocycles. The molecule has 0 saturated carbocycles. The molecule has 0 amide bonds. The average molecular weight is 463 g/mol. The molecule has 0 unspecified atom stereocenters. The molecule has 4 radical (unpaired) electrons. The van der Waals surface area contributed by atoms with Gasteiger partial charge in [-0.15, -0.1) is 0 Å². The van der Waals surface area contributed by atoms with E-state index in [9.17, 15) is 19.8 Å². The molecule has 0 atom stereocenters. The number of rotatable bonds is 10. The summed E-state index contributed by atoms with van der Waals surface area (Å²) in [7, 11) is 0. The Kier molecular flexibility index (Phi) is 55.8. The maximum absolute atomic E-state index is 9.76. The van der Waals surface area contributed by atoms with Crippen LogP contribution in [0.2, 0.25) is 0 Å². The van der Waals surface area contributed by atoms with Crippen molar-refractivity contribution in [1.29, 1.82) is 0 Å². The minimum atomic E-state index is -0.932. The quantitative estimate of drug-likeness (QED) is 0.367. The van der Waals surface area contributed by atoms with Crippen LogP contribution in [0.25, 0.3) is 0 Å². The van der Waals surface area contributed by atoms with Gasteiger partial charge in [-0.1, -0.05) is 92.9 Å². The molecule has 0 N–H and O–H groups in total. The predicted molar refractivity (Wildman–Crippen MR) is 105 cm³/mol. The summed E-state index contributed by atoms with van der Waals surface area (Å²) in [6.07, 6.45) is 10.6. The number of carbonyl (C=O) groups excluding carboxylic acids is 2. The van der Waals surface area contributed by atoms with Crippen molar-refractivity contribution >= 4 is 35.8 Å². The first-order valence-electron chi connectivity index (χ1n) is 9.35. The van der Waals surface area contributed by atoms with Crippen molar-refractivity contribution in [2.24, 2.45) is 0 Å². The van der Waals surface area contributed by atoms with Crippen LogP contribution in [-0.2, 0) is 9.59 Å². The van der Waals surface area contributed by atoms with Crippen LogP contribution in [0.4, 0.5) is 0 Å². The molecule has 148 valence electrons. The Morgan fingerprint density at radius 3 is 1.00 bits per heavy atom. The summed E-state index contributed by atoms with van der Waals surface area (Å²) in [5.41, 5.74) is 0. The molecule has 4 nitrogen and oxygen atoms in total. The molecule has 0 aliphatic rings. The van der Waals surface area contributed by atoms with E-state index in [1.165, 1.54) is 12.8 Å². The summed E-state index contributed by atoms with van der Waals surface area (Å²) in [6.45, 7) is 15.5.